The Bertz CT molecular complexity index is 289. The van der Waals surface area contributed by atoms with Crippen molar-refractivity contribution < 1.29 is 14.7 Å². The van der Waals surface area contributed by atoms with Gasteiger partial charge in [0, 0.05) is 6.54 Å². The maximum Gasteiger partial charge on any atom is 0.309 e. The van der Waals surface area contributed by atoms with Gasteiger partial charge in [0.1, 0.15) is 0 Å². The van der Waals surface area contributed by atoms with E-state index < -0.39 is 17.4 Å². The van der Waals surface area contributed by atoms with Crippen LogP contribution in [0.3, 0.4) is 0 Å². The molecule has 0 spiro atoms. The third-order valence-corrected chi connectivity index (χ3v) is 2.88. The van der Waals surface area contributed by atoms with Crippen molar-refractivity contribution in [1.29, 1.82) is 0 Å². The summed E-state index contributed by atoms with van der Waals surface area (Å²) in [7, 11) is 0. The van der Waals surface area contributed by atoms with Crippen molar-refractivity contribution in [3.63, 3.8) is 0 Å². The Balaban J connectivity index is 3.89. The first-order valence-corrected chi connectivity index (χ1v) is 6.79. The van der Waals surface area contributed by atoms with Crippen LogP contribution in [0.25, 0.3) is 0 Å². The predicted molar refractivity (Wildman–Crippen MR) is 74.7 cm³/mol. The third kappa shape index (κ3) is 7.79. The summed E-state index contributed by atoms with van der Waals surface area (Å²) in [6.45, 7) is 10.6. The van der Waals surface area contributed by atoms with Gasteiger partial charge in [0.2, 0.25) is 0 Å². The molecule has 0 aromatic carbocycles. The van der Waals surface area contributed by atoms with Crippen LogP contribution in [-0.2, 0) is 9.59 Å². The first kappa shape index (κ1) is 17.9. The van der Waals surface area contributed by atoms with Crippen LogP contribution in [0, 0.1) is 0 Å². The Morgan fingerprint density at radius 1 is 1.16 bits per heavy atom. The average Bonchev–Trinajstić information content (AvgIpc) is 2.38. The normalized spacial score (nSPS) is 11.5. The van der Waals surface area contributed by atoms with Gasteiger partial charge in [-0.3, -0.25) is 9.59 Å². The molecular formula is C13H27N3O3. The fourth-order valence-electron chi connectivity index (χ4n) is 1.53. The van der Waals surface area contributed by atoms with Crippen molar-refractivity contribution in [3.8, 4) is 0 Å². The quantitative estimate of drug-likeness (QED) is 0.420. The van der Waals surface area contributed by atoms with E-state index in [0.29, 0.717) is 6.54 Å². The van der Waals surface area contributed by atoms with Gasteiger partial charge < -0.3 is 20.6 Å². The number of amides is 2. The van der Waals surface area contributed by atoms with Gasteiger partial charge in [0.15, 0.2) is 0 Å². The molecule has 0 atom stereocenters. The lowest BCUT2D eigenvalue weighted by atomic mass is 10.1. The van der Waals surface area contributed by atoms with Crippen LogP contribution in [0.5, 0.6) is 0 Å². The largest absolute Gasteiger partial charge is 0.394 e. The summed E-state index contributed by atoms with van der Waals surface area (Å²) >= 11 is 0. The van der Waals surface area contributed by atoms with Crippen LogP contribution >= 0.6 is 0 Å². The number of nitrogens with zero attached hydrogens (tertiary/aromatic N) is 1. The van der Waals surface area contributed by atoms with Crippen molar-refractivity contribution in [1.82, 2.24) is 15.5 Å². The summed E-state index contributed by atoms with van der Waals surface area (Å²) < 4.78 is 0. The van der Waals surface area contributed by atoms with Crippen LogP contribution in [0.2, 0.25) is 0 Å². The minimum Gasteiger partial charge on any atom is -0.394 e. The molecule has 0 aromatic heterocycles. The number of nitrogens with one attached hydrogen (secondary N) is 2. The topological polar surface area (TPSA) is 81.7 Å². The van der Waals surface area contributed by atoms with Crippen molar-refractivity contribution in [2.75, 3.05) is 32.8 Å². The molecule has 0 fully saturated rings. The van der Waals surface area contributed by atoms with E-state index in [0.717, 1.165) is 26.1 Å². The molecule has 3 N–H and O–H groups in total. The van der Waals surface area contributed by atoms with E-state index in [2.05, 4.69) is 29.4 Å². The molecule has 0 saturated heterocycles. The second kappa shape index (κ2) is 8.87. The molecule has 0 aliphatic rings. The average molecular weight is 273 g/mol. The molecule has 0 saturated carbocycles. The van der Waals surface area contributed by atoms with Crippen LogP contribution < -0.4 is 10.6 Å². The van der Waals surface area contributed by atoms with Gasteiger partial charge in [-0.05, 0) is 39.9 Å². The molecule has 0 bridgehead atoms. The number of carbonyl (C=O) groups is 2. The zero-order chi connectivity index (χ0) is 14.9. The SMILES string of the molecule is CCN(CC)CCCNC(=O)C(=O)NC(C)(C)CO. The lowest BCUT2D eigenvalue weighted by Gasteiger charge is -2.23. The first-order chi connectivity index (χ1) is 8.86. The summed E-state index contributed by atoms with van der Waals surface area (Å²) in [6, 6.07) is 0. The molecule has 0 unspecified atom stereocenters. The first-order valence-electron chi connectivity index (χ1n) is 6.79. The molecule has 0 radical (unpaired) electrons. The van der Waals surface area contributed by atoms with Crippen LogP contribution in [0.4, 0.5) is 0 Å². The van der Waals surface area contributed by atoms with Crippen molar-refractivity contribution in [2.45, 2.75) is 39.7 Å². The second-order valence-electron chi connectivity index (χ2n) is 5.13. The molecule has 6 nitrogen and oxygen atoms in total. The van der Waals surface area contributed by atoms with E-state index in [-0.39, 0.29) is 6.61 Å². The molecule has 0 aromatic rings. The van der Waals surface area contributed by atoms with E-state index in [1.165, 1.54) is 0 Å². The van der Waals surface area contributed by atoms with Gasteiger partial charge in [-0.25, -0.2) is 0 Å². The van der Waals surface area contributed by atoms with Crippen LogP contribution in [0.15, 0.2) is 0 Å². The molecule has 6 heteroatoms. The fourth-order valence-corrected chi connectivity index (χ4v) is 1.53. The Morgan fingerprint density at radius 3 is 2.21 bits per heavy atom. The minimum absolute atomic E-state index is 0.214. The molecular weight excluding hydrogens is 246 g/mol. The highest BCUT2D eigenvalue weighted by molar-refractivity contribution is 6.35. The number of aliphatic hydroxyl groups excluding tert-OH is 1. The highest BCUT2D eigenvalue weighted by atomic mass is 16.3. The fraction of sp³-hybridized carbons (Fsp3) is 0.846. The van der Waals surface area contributed by atoms with Crippen LogP contribution in [0.1, 0.15) is 34.1 Å². The van der Waals surface area contributed by atoms with E-state index in [4.69, 9.17) is 5.11 Å². The number of hydrogen-bond donors (Lipinski definition) is 3. The maximum atomic E-state index is 11.5. The Kier molecular flexibility index (Phi) is 8.34. The summed E-state index contributed by atoms with van der Waals surface area (Å²) in [6.07, 6.45) is 0.810. The zero-order valence-electron chi connectivity index (χ0n) is 12.5. The van der Waals surface area contributed by atoms with Gasteiger partial charge in [0.25, 0.3) is 0 Å². The van der Waals surface area contributed by atoms with E-state index in [9.17, 15) is 9.59 Å². The second-order valence-corrected chi connectivity index (χ2v) is 5.13. The predicted octanol–water partition coefficient (Wildman–Crippen LogP) is -0.278. The summed E-state index contributed by atoms with van der Waals surface area (Å²) in [5, 5.41) is 14.0. The van der Waals surface area contributed by atoms with E-state index in [1.807, 2.05) is 0 Å². The Hall–Kier alpha value is -1.14. The Labute approximate surface area is 115 Å². The molecule has 2 amide bonds. The van der Waals surface area contributed by atoms with Crippen molar-refractivity contribution in [3.05, 3.63) is 0 Å². The molecule has 112 valence electrons. The van der Waals surface area contributed by atoms with Crippen LogP contribution in [-0.4, -0.2) is 60.1 Å². The minimum atomic E-state index is -0.782. The van der Waals surface area contributed by atoms with Gasteiger partial charge in [0.05, 0.1) is 12.1 Å². The van der Waals surface area contributed by atoms with E-state index >= 15 is 0 Å². The molecule has 19 heavy (non-hydrogen) atoms. The third-order valence-electron chi connectivity index (χ3n) is 2.88. The number of aliphatic hydroxyl groups is 1. The lowest BCUT2D eigenvalue weighted by molar-refractivity contribution is -0.140. The number of carbonyl (C=O) groups excluding carboxylic acids is 2. The van der Waals surface area contributed by atoms with Gasteiger partial charge >= 0.3 is 11.8 Å². The lowest BCUT2D eigenvalue weighted by Crippen LogP contribution is -2.51. The maximum absolute atomic E-state index is 11.5. The van der Waals surface area contributed by atoms with E-state index in [1.54, 1.807) is 13.8 Å². The zero-order valence-corrected chi connectivity index (χ0v) is 12.5. The summed E-state index contributed by atoms with van der Waals surface area (Å²) in [4.78, 5) is 25.3. The number of hydrogen-bond acceptors (Lipinski definition) is 4. The van der Waals surface area contributed by atoms with Gasteiger partial charge in [-0.15, -0.1) is 0 Å². The molecule has 0 aliphatic carbocycles. The number of rotatable bonds is 8. The smallest absolute Gasteiger partial charge is 0.309 e. The summed E-state index contributed by atoms with van der Waals surface area (Å²) in [5.41, 5.74) is -0.782. The van der Waals surface area contributed by atoms with Crippen molar-refractivity contribution in [2.24, 2.45) is 0 Å². The molecule has 0 rings (SSSR count). The Morgan fingerprint density at radius 2 is 1.74 bits per heavy atom. The highest BCUT2D eigenvalue weighted by Gasteiger charge is 2.23. The van der Waals surface area contributed by atoms with Crippen molar-refractivity contribution >= 4 is 11.8 Å². The van der Waals surface area contributed by atoms with Gasteiger partial charge in [-0.1, -0.05) is 13.8 Å². The standard InChI is InChI=1S/C13H27N3O3/c1-5-16(6-2)9-7-8-14-11(18)12(19)15-13(3,4)10-17/h17H,5-10H2,1-4H3,(H,14,18)(H,15,19). The molecule has 0 heterocycles. The van der Waals surface area contributed by atoms with Gasteiger partial charge in [-0.2, -0.15) is 0 Å². The monoisotopic (exact) mass is 273 g/mol. The molecule has 0 aliphatic heterocycles. The summed E-state index contributed by atoms with van der Waals surface area (Å²) in [5.74, 6) is -1.36. The highest BCUT2D eigenvalue weighted by Crippen LogP contribution is 1.98.